The standard InChI is InChI=1S/C60H90O13/c1-31-17-23-59(46(66)67)27-25-51(5)33(41(59)57(31,11)71)13-15-37-49(3)29-35(61)43(63)55(9,39(49)19-21-53(37,51)7)48(70)73-44-36(62)30-50(4)38-16-14-34-42-58(12,72)32(2)18-24-60(42,47(68)69)28-26-52(34,6)54(38,8)22-20-40(50)56(44,10)45(64)65/h13-14,31-32,35-44,61-63,71-72H,15-30H2,1-12H3,(H,64,65)(H,66,67)(H,68,69)/t31-,32-,35-,36-,37-,38-,39-,40-,41-,42-,43+,44-,49-,50-,51-,52-,53-,54-,55+,56-,57-,58-,59+,60+/m1/s1. The van der Waals surface area contributed by atoms with Gasteiger partial charge in [0, 0.05) is 11.8 Å². The van der Waals surface area contributed by atoms with Gasteiger partial charge in [0.15, 0.2) is 0 Å². The molecule has 73 heavy (non-hydrogen) atoms. The second-order valence-electron chi connectivity index (χ2n) is 29.4. The number of allylic oxidation sites excluding steroid dienone is 2. The fourth-order valence-electron chi connectivity index (χ4n) is 22.3. The number of fused-ring (bicyclic) bond motifs is 14. The predicted octanol–water partition coefficient (Wildman–Crippen LogP) is 8.96. The molecular weight excluding hydrogens is 929 g/mol. The molecule has 0 bridgehead atoms. The molecule has 0 heterocycles. The van der Waals surface area contributed by atoms with Crippen molar-refractivity contribution in [2.45, 2.75) is 221 Å². The lowest BCUT2D eigenvalue weighted by molar-refractivity contribution is -0.266. The molecule has 0 amide bonds. The van der Waals surface area contributed by atoms with Gasteiger partial charge in [-0.1, -0.05) is 78.7 Å². The van der Waals surface area contributed by atoms with Gasteiger partial charge in [-0.25, -0.2) is 0 Å². The number of hydrogen-bond donors (Lipinski definition) is 8. The number of aliphatic hydroxyl groups excluding tert-OH is 3. The van der Waals surface area contributed by atoms with E-state index in [4.69, 9.17) is 4.74 Å². The molecule has 13 heteroatoms. The molecule has 0 aromatic heterocycles. The molecule has 8 N–H and O–H groups in total. The molecular formula is C60H90O13. The lowest BCUT2D eigenvalue weighted by Crippen LogP contribution is -2.71. The van der Waals surface area contributed by atoms with Crippen LogP contribution in [0.1, 0.15) is 186 Å². The predicted molar refractivity (Wildman–Crippen MR) is 271 cm³/mol. The topological polar surface area (TPSA) is 239 Å². The van der Waals surface area contributed by atoms with Gasteiger partial charge in [-0.3, -0.25) is 19.2 Å². The summed E-state index contributed by atoms with van der Waals surface area (Å²) in [6.45, 7) is 24.1. The number of ether oxygens (including phenoxy) is 1. The third kappa shape index (κ3) is 6.15. The molecule has 10 aliphatic rings. The second kappa shape index (κ2) is 15.9. The van der Waals surface area contributed by atoms with Crippen molar-refractivity contribution in [3.63, 3.8) is 0 Å². The Hall–Kier alpha value is -2.84. The molecule has 0 aromatic carbocycles. The van der Waals surface area contributed by atoms with Crippen LogP contribution in [-0.4, -0.2) is 100 Å². The van der Waals surface area contributed by atoms with E-state index in [1.165, 1.54) is 0 Å². The Morgan fingerprint density at radius 1 is 0.507 bits per heavy atom. The average molecular weight is 1020 g/mol. The molecule has 8 saturated carbocycles. The molecule has 0 aliphatic heterocycles. The SMILES string of the molecule is C[C@@H]1CC[C@]2(C(=O)O)CC[C@]3(C)C(=CC[C@@H]4[C@@]5(C)C[C@@H](O)[C@@H](OC(=O)[C@@]6(C)[C@@H]7CC[C@]8(C)[C@H](CC=C9[C@H]%10[C@](C(=O)O)(CC[C@@H](C)[C@@]%10(C)O)CC[C@]98C)[C@@]7(C)C[C@@H](O)[C@@H]6O)[C@](C)(C(=O)O)[C@@H]5CC[C@]43C)[C@@H]2[C@]1(C)O. The molecule has 10 aliphatic carbocycles. The van der Waals surface area contributed by atoms with Crippen molar-refractivity contribution in [1.29, 1.82) is 0 Å². The van der Waals surface area contributed by atoms with Crippen LogP contribution in [0.3, 0.4) is 0 Å². The first-order valence-corrected chi connectivity index (χ1v) is 28.4. The van der Waals surface area contributed by atoms with E-state index in [9.17, 15) is 55.2 Å². The van der Waals surface area contributed by atoms with Crippen LogP contribution in [0, 0.1) is 101 Å². The lowest BCUT2D eigenvalue weighted by Gasteiger charge is -2.72. The first kappa shape index (κ1) is 53.6. The number of esters is 1. The summed E-state index contributed by atoms with van der Waals surface area (Å²) in [7, 11) is 0. The lowest BCUT2D eigenvalue weighted by atomic mass is 9.32. The Kier molecular flexibility index (Phi) is 11.7. The second-order valence-corrected chi connectivity index (χ2v) is 29.4. The summed E-state index contributed by atoms with van der Waals surface area (Å²) in [5, 5.41) is 94.9. The van der Waals surface area contributed by atoms with Crippen molar-refractivity contribution in [2.75, 3.05) is 0 Å². The highest BCUT2D eigenvalue weighted by molar-refractivity contribution is 5.81. The third-order valence-electron chi connectivity index (χ3n) is 27.3. The summed E-state index contributed by atoms with van der Waals surface area (Å²) < 4.78 is 6.58. The molecule has 13 nitrogen and oxygen atoms in total. The smallest absolute Gasteiger partial charge is 0.315 e. The Balaban J connectivity index is 0.973. The number of carboxylic acids is 3. The van der Waals surface area contributed by atoms with E-state index in [1.54, 1.807) is 13.8 Å². The Morgan fingerprint density at radius 2 is 0.904 bits per heavy atom. The van der Waals surface area contributed by atoms with Crippen LogP contribution in [0.4, 0.5) is 0 Å². The van der Waals surface area contributed by atoms with E-state index in [2.05, 4.69) is 53.7 Å². The minimum absolute atomic E-state index is 0.104. The van der Waals surface area contributed by atoms with E-state index in [0.29, 0.717) is 89.9 Å². The summed E-state index contributed by atoms with van der Waals surface area (Å²) in [6, 6.07) is 0. The summed E-state index contributed by atoms with van der Waals surface area (Å²) in [5.74, 6) is -6.40. The molecule has 10 rings (SSSR count). The summed E-state index contributed by atoms with van der Waals surface area (Å²) >= 11 is 0. The fraction of sp³-hybridized carbons (Fsp3) is 0.867. The fourth-order valence-corrected chi connectivity index (χ4v) is 22.3. The molecule has 408 valence electrons. The van der Waals surface area contributed by atoms with Crippen LogP contribution in [-0.2, 0) is 23.9 Å². The van der Waals surface area contributed by atoms with E-state index in [-0.39, 0.29) is 36.5 Å². The highest BCUT2D eigenvalue weighted by Crippen LogP contribution is 2.79. The van der Waals surface area contributed by atoms with Gasteiger partial charge >= 0.3 is 23.9 Å². The van der Waals surface area contributed by atoms with E-state index in [0.717, 1.165) is 11.1 Å². The average Bonchev–Trinajstić information content (AvgIpc) is 3.29. The van der Waals surface area contributed by atoms with Gasteiger partial charge in [0.25, 0.3) is 0 Å². The quantitative estimate of drug-likeness (QED) is 0.0949. The zero-order valence-electron chi connectivity index (χ0n) is 46.0. The summed E-state index contributed by atoms with van der Waals surface area (Å²) in [4.78, 5) is 56.3. The first-order chi connectivity index (χ1) is 33.5. The van der Waals surface area contributed by atoms with Gasteiger partial charge in [-0.2, -0.15) is 0 Å². The van der Waals surface area contributed by atoms with Crippen LogP contribution in [0.25, 0.3) is 0 Å². The van der Waals surface area contributed by atoms with Crippen molar-refractivity contribution in [3.8, 4) is 0 Å². The Morgan fingerprint density at radius 3 is 1.30 bits per heavy atom. The first-order valence-electron chi connectivity index (χ1n) is 28.4. The van der Waals surface area contributed by atoms with Crippen LogP contribution >= 0.6 is 0 Å². The highest BCUT2D eigenvalue weighted by Gasteiger charge is 2.77. The largest absolute Gasteiger partial charge is 0.481 e. The maximum Gasteiger partial charge on any atom is 0.315 e. The number of carboxylic acid groups (broad SMARTS) is 3. The summed E-state index contributed by atoms with van der Waals surface area (Å²) in [5.41, 5.74) is -9.51. The Labute approximate surface area is 433 Å². The number of aliphatic carboxylic acids is 3. The third-order valence-corrected chi connectivity index (χ3v) is 27.3. The monoisotopic (exact) mass is 1020 g/mol. The van der Waals surface area contributed by atoms with Gasteiger partial charge in [-0.05, 0) is 198 Å². The van der Waals surface area contributed by atoms with Crippen molar-refractivity contribution < 1.29 is 64.8 Å². The molecule has 24 atom stereocenters. The van der Waals surface area contributed by atoms with Gasteiger partial charge in [0.1, 0.15) is 11.5 Å². The van der Waals surface area contributed by atoms with Crippen molar-refractivity contribution in [3.05, 3.63) is 23.3 Å². The van der Waals surface area contributed by atoms with Crippen LogP contribution in [0.15, 0.2) is 23.3 Å². The zero-order valence-corrected chi connectivity index (χ0v) is 46.0. The number of hydrogen-bond acceptors (Lipinski definition) is 10. The maximum atomic E-state index is 15.5. The number of aliphatic hydroxyl groups is 5. The number of carbonyl (C=O) groups excluding carboxylic acids is 1. The summed E-state index contributed by atoms with van der Waals surface area (Å²) in [6.07, 6.45) is 6.54. The molecule has 0 radical (unpaired) electrons. The molecule has 0 unspecified atom stereocenters. The van der Waals surface area contributed by atoms with Gasteiger partial charge in [-0.15, -0.1) is 0 Å². The van der Waals surface area contributed by atoms with Gasteiger partial charge in [0.2, 0.25) is 0 Å². The van der Waals surface area contributed by atoms with Gasteiger partial charge in [0.05, 0.1) is 45.8 Å². The minimum Gasteiger partial charge on any atom is -0.481 e. The van der Waals surface area contributed by atoms with Crippen LogP contribution in [0.5, 0.6) is 0 Å². The zero-order chi connectivity index (χ0) is 53.8. The highest BCUT2D eigenvalue weighted by atomic mass is 16.6. The number of rotatable bonds is 5. The molecule has 0 aromatic rings. The molecule has 8 fully saturated rings. The van der Waals surface area contributed by atoms with Crippen molar-refractivity contribution in [2.24, 2.45) is 101 Å². The normalized spacial score (nSPS) is 58.0. The van der Waals surface area contributed by atoms with E-state index < -0.39 is 137 Å². The van der Waals surface area contributed by atoms with Crippen LogP contribution in [0.2, 0.25) is 0 Å². The van der Waals surface area contributed by atoms with E-state index in [1.807, 2.05) is 27.7 Å². The maximum absolute atomic E-state index is 15.5. The minimum atomic E-state index is -1.76. The number of carbonyl (C=O) groups is 4. The van der Waals surface area contributed by atoms with Crippen molar-refractivity contribution in [1.82, 2.24) is 0 Å². The van der Waals surface area contributed by atoms with E-state index >= 15 is 4.79 Å². The van der Waals surface area contributed by atoms with Crippen molar-refractivity contribution >= 4 is 23.9 Å². The van der Waals surface area contributed by atoms with Gasteiger partial charge < -0.3 is 45.6 Å². The molecule has 0 saturated heterocycles. The Bertz CT molecular complexity index is 2440. The van der Waals surface area contributed by atoms with Crippen LogP contribution < -0.4 is 0 Å². The molecule has 0 spiro atoms.